The van der Waals surface area contributed by atoms with Crippen LogP contribution < -0.4 is 5.73 Å². The zero-order chi connectivity index (χ0) is 19.0. The number of ether oxygens (including phenoxy) is 1. The van der Waals surface area contributed by atoms with Crippen molar-refractivity contribution >= 4 is 45.6 Å². The van der Waals surface area contributed by atoms with Crippen LogP contribution in [-0.4, -0.2) is 27.1 Å². The molecule has 6 nitrogen and oxygen atoms in total. The van der Waals surface area contributed by atoms with E-state index in [1.807, 2.05) is 30.3 Å². The van der Waals surface area contributed by atoms with Crippen molar-refractivity contribution in [3.63, 3.8) is 0 Å². The van der Waals surface area contributed by atoms with Gasteiger partial charge in [-0.1, -0.05) is 42.5 Å². The highest BCUT2D eigenvalue weighted by Gasteiger charge is 2.25. The molecule has 7 heteroatoms. The number of carbonyl (C=O) groups excluding carboxylic acids is 1. The Morgan fingerprint density at radius 3 is 2.63 bits per heavy atom. The van der Waals surface area contributed by atoms with E-state index >= 15 is 0 Å². The molecule has 2 aromatic carbocycles. The van der Waals surface area contributed by atoms with Crippen molar-refractivity contribution in [3.05, 3.63) is 71.8 Å². The molecule has 134 valence electrons. The molecule has 2 N–H and O–H groups in total. The molecule has 4 aromatic rings. The van der Waals surface area contributed by atoms with Gasteiger partial charge in [0.2, 0.25) is 0 Å². The van der Waals surface area contributed by atoms with E-state index in [0.29, 0.717) is 32.9 Å². The molecule has 0 saturated heterocycles. The molecule has 2 aromatic heterocycles. The van der Waals surface area contributed by atoms with Gasteiger partial charge in [0, 0.05) is 5.02 Å². The number of esters is 1. The SMILES string of the molecule is C=CCOC(=O)c1c(N)n(-c2cccc(Cl)c2)c2nc3ccccc3nc12. The number of benzene rings is 2. The van der Waals surface area contributed by atoms with Crippen LogP contribution in [0, 0.1) is 0 Å². The van der Waals surface area contributed by atoms with Crippen LogP contribution >= 0.6 is 11.6 Å². The van der Waals surface area contributed by atoms with Gasteiger partial charge in [0.1, 0.15) is 23.5 Å². The Hall–Kier alpha value is -3.38. The fourth-order valence-electron chi connectivity index (χ4n) is 2.95. The van der Waals surface area contributed by atoms with Gasteiger partial charge in [-0.05, 0) is 30.3 Å². The molecule has 0 atom stereocenters. The van der Waals surface area contributed by atoms with Gasteiger partial charge in [-0.15, -0.1) is 0 Å². The number of aromatic nitrogens is 3. The second-order valence-corrected chi connectivity index (χ2v) is 6.28. The van der Waals surface area contributed by atoms with E-state index in [-0.39, 0.29) is 18.0 Å². The normalized spacial score (nSPS) is 11.0. The zero-order valence-electron chi connectivity index (χ0n) is 14.2. The van der Waals surface area contributed by atoms with Gasteiger partial charge in [-0.2, -0.15) is 0 Å². The summed E-state index contributed by atoms with van der Waals surface area (Å²) in [4.78, 5) is 21.9. The fourth-order valence-corrected chi connectivity index (χ4v) is 3.13. The molecule has 4 rings (SSSR count). The number of nitrogens with two attached hydrogens (primary N) is 1. The highest BCUT2D eigenvalue weighted by Crippen LogP contribution is 2.32. The van der Waals surface area contributed by atoms with Crippen molar-refractivity contribution in [2.24, 2.45) is 0 Å². The summed E-state index contributed by atoms with van der Waals surface area (Å²) in [5.74, 6) is -0.389. The lowest BCUT2D eigenvalue weighted by Crippen LogP contribution is -2.09. The van der Waals surface area contributed by atoms with Gasteiger partial charge in [0.25, 0.3) is 0 Å². The third kappa shape index (κ3) is 2.90. The molecule has 27 heavy (non-hydrogen) atoms. The number of hydrogen-bond donors (Lipinski definition) is 1. The molecule has 0 aliphatic rings. The van der Waals surface area contributed by atoms with Crippen LogP contribution in [0.25, 0.3) is 27.9 Å². The van der Waals surface area contributed by atoms with Gasteiger partial charge in [0.05, 0.1) is 16.7 Å². The Morgan fingerprint density at radius 2 is 1.93 bits per heavy atom. The first kappa shape index (κ1) is 17.1. The summed E-state index contributed by atoms with van der Waals surface area (Å²) in [6.45, 7) is 3.63. The number of nitrogen functional groups attached to an aromatic ring is 1. The Balaban J connectivity index is 2.07. The number of anilines is 1. The molecular formula is C20H15ClN4O2. The third-order valence-corrected chi connectivity index (χ3v) is 4.34. The number of halogens is 1. The Bertz CT molecular complexity index is 1200. The quantitative estimate of drug-likeness (QED) is 0.426. The molecule has 0 bridgehead atoms. The maximum atomic E-state index is 12.6. The minimum Gasteiger partial charge on any atom is -0.458 e. The highest BCUT2D eigenvalue weighted by atomic mass is 35.5. The summed E-state index contributed by atoms with van der Waals surface area (Å²) in [5.41, 5.74) is 9.38. The lowest BCUT2D eigenvalue weighted by molar-refractivity contribution is 0.0553. The summed E-state index contributed by atoms with van der Waals surface area (Å²) in [6, 6.07) is 14.5. The van der Waals surface area contributed by atoms with Gasteiger partial charge in [-0.25, -0.2) is 14.8 Å². The van der Waals surface area contributed by atoms with Crippen molar-refractivity contribution in [2.45, 2.75) is 0 Å². The lowest BCUT2D eigenvalue weighted by Gasteiger charge is -2.08. The summed E-state index contributed by atoms with van der Waals surface area (Å²) in [6.07, 6.45) is 1.49. The van der Waals surface area contributed by atoms with Crippen molar-refractivity contribution in [1.29, 1.82) is 0 Å². The van der Waals surface area contributed by atoms with Crippen molar-refractivity contribution in [2.75, 3.05) is 12.3 Å². The molecular weight excluding hydrogens is 364 g/mol. The Morgan fingerprint density at radius 1 is 1.19 bits per heavy atom. The van der Waals surface area contributed by atoms with E-state index in [9.17, 15) is 4.79 Å². The van der Waals surface area contributed by atoms with Gasteiger partial charge < -0.3 is 10.5 Å². The van der Waals surface area contributed by atoms with Crippen molar-refractivity contribution < 1.29 is 9.53 Å². The van der Waals surface area contributed by atoms with Crippen LogP contribution in [0.2, 0.25) is 5.02 Å². The standard InChI is InChI=1S/C20H15ClN4O2/c1-2-10-27-20(26)16-17-19(24-15-9-4-3-8-14(15)23-17)25(18(16)22)13-7-5-6-12(21)11-13/h2-9,11H,1,10,22H2. The minimum absolute atomic E-state index is 0.0725. The molecule has 0 aliphatic heterocycles. The maximum Gasteiger partial charge on any atom is 0.344 e. The molecule has 0 spiro atoms. The van der Waals surface area contributed by atoms with Crippen molar-refractivity contribution in [3.8, 4) is 5.69 Å². The summed E-state index contributed by atoms with van der Waals surface area (Å²) in [7, 11) is 0. The van der Waals surface area contributed by atoms with E-state index in [4.69, 9.17) is 22.1 Å². The lowest BCUT2D eigenvalue weighted by atomic mass is 10.2. The second kappa shape index (κ2) is 6.74. The molecule has 2 heterocycles. The van der Waals surface area contributed by atoms with E-state index in [0.717, 1.165) is 0 Å². The zero-order valence-corrected chi connectivity index (χ0v) is 15.0. The number of para-hydroxylation sites is 2. The van der Waals surface area contributed by atoms with E-state index in [1.165, 1.54) is 6.08 Å². The third-order valence-electron chi connectivity index (χ3n) is 4.10. The first-order valence-corrected chi connectivity index (χ1v) is 8.58. The highest BCUT2D eigenvalue weighted by molar-refractivity contribution is 6.30. The molecule has 0 radical (unpaired) electrons. The average Bonchev–Trinajstić information content (AvgIpc) is 2.95. The number of hydrogen-bond acceptors (Lipinski definition) is 5. The number of fused-ring (bicyclic) bond motifs is 2. The Labute approximate surface area is 159 Å². The van der Waals surface area contributed by atoms with Gasteiger partial charge in [0.15, 0.2) is 5.65 Å². The second-order valence-electron chi connectivity index (χ2n) is 5.85. The maximum absolute atomic E-state index is 12.6. The topological polar surface area (TPSA) is 83.0 Å². The fraction of sp³-hybridized carbons (Fsp3) is 0.0500. The first-order valence-electron chi connectivity index (χ1n) is 8.21. The Kier molecular flexibility index (Phi) is 4.25. The monoisotopic (exact) mass is 378 g/mol. The summed E-state index contributed by atoms with van der Waals surface area (Å²) in [5, 5.41) is 0.540. The van der Waals surface area contributed by atoms with Crippen LogP contribution in [0.3, 0.4) is 0 Å². The van der Waals surface area contributed by atoms with Crippen LogP contribution in [-0.2, 0) is 4.74 Å². The van der Waals surface area contributed by atoms with E-state index < -0.39 is 5.97 Å². The smallest absolute Gasteiger partial charge is 0.344 e. The van der Waals surface area contributed by atoms with Crippen LogP contribution in [0.4, 0.5) is 5.82 Å². The largest absolute Gasteiger partial charge is 0.458 e. The van der Waals surface area contributed by atoms with Crippen LogP contribution in [0.15, 0.2) is 61.2 Å². The number of carbonyl (C=O) groups is 1. The predicted molar refractivity (Wildman–Crippen MR) is 106 cm³/mol. The number of rotatable bonds is 4. The summed E-state index contributed by atoms with van der Waals surface area (Å²) >= 11 is 6.14. The van der Waals surface area contributed by atoms with Crippen LogP contribution in [0.5, 0.6) is 0 Å². The predicted octanol–water partition coefficient (Wildman–Crippen LogP) is 4.15. The molecule has 0 saturated carbocycles. The van der Waals surface area contributed by atoms with Crippen molar-refractivity contribution in [1.82, 2.24) is 14.5 Å². The molecule has 0 fully saturated rings. The molecule has 0 amide bonds. The van der Waals surface area contributed by atoms with Gasteiger partial charge in [-0.3, -0.25) is 4.57 Å². The molecule has 0 unspecified atom stereocenters. The van der Waals surface area contributed by atoms with E-state index in [1.54, 1.807) is 22.8 Å². The van der Waals surface area contributed by atoms with Gasteiger partial charge >= 0.3 is 5.97 Å². The summed E-state index contributed by atoms with van der Waals surface area (Å²) < 4.78 is 6.86. The van der Waals surface area contributed by atoms with Crippen LogP contribution in [0.1, 0.15) is 10.4 Å². The van der Waals surface area contributed by atoms with E-state index in [2.05, 4.69) is 16.5 Å². The molecule has 0 aliphatic carbocycles. The minimum atomic E-state index is -0.581. The number of nitrogens with zero attached hydrogens (tertiary/aromatic N) is 3. The first-order chi connectivity index (χ1) is 13.1. The average molecular weight is 379 g/mol.